The highest BCUT2D eigenvalue weighted by molar-refractivity contribution is 4.70. The van der Waals surface area contributed by atoms with Gasteiger partial charge in [-0.25, -0.2) is 0 Å². The monoisotopic (exact) mass is 205 g/mol. The Kier molecular flexibility index (Phi) is 7.09. The molecule has 0 spiro atoms. The summed E-state index contributed by atoms with van der Waals surface area (Å²) in [5, 5.41) is 11.9. The van der Waals surface area contributed by atoms with E-state index in [9.17, 15) is 0 Å². The maximum Gasteiger partial charge on any atom is 0.169 e. The van der Waals surface area contributed by atoms with Crippen LogP contribution in [0.2, 0.25) is 0 Å². The lowest BCUT2D eigenvalue weighted by molar-refractivity contribution is -0.143. The first kappa shape index (κ1) is 13.8. The summed E-state index contributed by atoms with van der Waals surface area (Å²) in [7, 11) is 0. The molecule has 0 amide bonds. The summed E-state index contributed by atoms with van der Waals surface area (Å²) in [5.74, 6) is 0. The highest BCUT2D eigenvalue weighted by atomic mass is 16.7. The molecule has 0 heterocycles. The molecule has 0 saturated carbocycles. The number of rotatable bonds is 7. The van der Waals surface area contributed by atoms with Crippen molar-refractivity contribution in [1.29, 1.82) is 0 Å². The summed E-state index contributed by atoms with van der Waals surface area (Å²) in [4.78, 5) is 0. The van der Waals surface area contributed by atoms with Gasteiger partial charge < -0.3 is 19.9 Å². The number of ether oxygens (including phenoxy) is 2. The highest BCUT2D eigenvalue weighted by Crippen LogP contribution is 2.01. The topological polar surface area (TPSA) is 50.7 Å². The van der Waals surface area contributed by atoms with E-state index in [1.165, 1.54) is 0 Å². The molecule has 86 valence electrons. The zero-order valence-corrected chi connectivity index (χ0v) is 9.67. The number of nitrogens with one attached hydrogen (secondary N) is 1. The third-order valence-electron chi connectivity index (χ3n) is 1.55. The Morgan fingerprint density at radius 3 is 2.36 bits per heavy atom. The predicted octanol–water partition coefficient (Wildman–Crippen LogP) is 0.746. The maximum absolute atomic E-state index is 8.61. The number of aliphatic hydroxyl groups is 1. The number of aliphatic hydroxyl groups excluding tert-OH is 1. The summed E-state index contributed by atoms with van der Waals surface area (Å²) in [6.45, 7) is 9.77. The fraction of sp³-hybridized carbons (Fsp3) is 1.00. The maximum atomic E-state index is 8.61. The summed E-state index contributed by atoms with van der Waals surface area (Å²) in [6.07, 6.45) is -0.272. The van der Waals surface area contributed by atoms with Crippen LogP contribution in [0.4, 0.5) is 0 Å². The molecule has 1 unspecified atom stereocenters. The van der Waals surface area contributed by atoms with E-state index in [-0.39, 0.29) is 18.4 Å². The second-order valence-electron chi connectivity index (χ2n) is 4.11. The van der Waals surface area contributed by atoms with E-state index < -0.39 is 0 Å². The molecular formula is C10H23NO3. The van der Waals surface area contributed by atoms with E-state index in [2.05, 4.69) is 26.1 Å². The van der Waals surface area contributed by atoms with Crippen molar-refractivity contribution >= 4 is 0 Å². The van der Waals surface area contributed by atoms with Crippen molar-refractivity contribution in [3.05, 3.63) is 0 Å². The Bertz CT molecular complexity index is 134. The van der Waals surface area contributed by atoms with Crippen LogP contribution >= 0.6 is 0 Å². The highest BCUT2D eigenvalue weighted by Gasteiger charge is 2.14. The molecule has 0 aliphatic carbocycles. The second kappa shape index (κ2) is 7.17. The van der Waals surface area contributed by atoms with E-state index >= 15 is 0 Å². The van der Waals surface area contributed by atoms with E-state index in [0.717, 1.165) is 0 Å². The van der Waals surface area contributed by atoms with Crippen LogP contribution in [-0.4, -0.2) is 43.3 Å². The smallest absolute Gasteiger partial charge is 0.169 e. The van der Waals surface area contributed by atoms with Crippen LogP contribution in [0.3, 0.4) is 0 Å². The minimum atomic E-state index is -0.272. The molecule has 0 aliphatic heterocycles. The molecule has 0 rings (SSSR count). The molecule has 0 radical (unpaired) electrons. The average molecular weight is 205 g/mol. The van der Waals surface area contributed by atoms with Crippen molar-refractivity contribution in [3.8, 4) is 0 Å². The number of hydrogen-bond acceptors (Lipinski definition) is 4. The Morgan fingerprint density at radius 1 is 1.29 bits per heavy atom. The zero-order valence-electron chi connectivity index (χ0n) is 9.67. The largest absolute Gasteiger partial charge is 0.394 e. The van der Waals surface area contributed by atoms with Gasteiger partial charge in [-0.2, -0.15) is 0 Å². The lowest BCUT2D eigenvalue weighted by atomic mass is 10.1. The van der Waals surface area contributed by atoms with Crippen LogP contribution < -0.4 is 5.32 Å². The average Bonchev–Trinajstić information content (AvgIpc) is 2.08. The van der Waals surface area contributed by atoms with Crippen LogP contribution in [0.15, 0.2) is 0 Å². The molecule has 0 fully saturated rings. The molecule has 14 heavy (non-hydrogen) atoms. The van der Waals surface area contributed by atoms with Crippen LogP contribution in [0.25, 0.3) is 0 Å². The van der Waals surface area contributed by atoms with Gasteiger partial charge in [0, 0.05) is 18.7 Å². The Hall–Kier alpha value is -0.160. The lowest BCUT2D eigenvalue weighted by Gasteiger charge is -2.25. The molecule has 1 atom stereocenters. The SMILES string of the molecule is CCOC(CNC(C)(C)C)OCCO. The van der Waals surface area contributed by atoms with E-state index in [1.807, 2.05) is 6.92 Å². The minimum absolute atomic E-state index is 0.0269. The first-order valence-corrected chi connectivity index (χ1v) is 5.08. The Morgan fingerprint density at radius 2 is 1.93 bits per heavy atom. The van der Waals surface area contributed by atoms with E-state index in [0.29, 0.717) is 19.8 Å². The van der Waals surface area contributed by atoms with Crippen molar-refractivity contribution in [2.24, 2.45) is 0 Å². The molecule has 2 N–H and O–H groups in total. The van der Waals surface area contributed by atoms with Crippen molar-refractivity contribution in [1.82, 2.24) is 5.32 Å². The van der Waals surface area contributed by atoms with Gasteiger partial charge in [-0.3, -0.25) is 0 Å². The molecule has 4 heteroatoms. The molecule has 0 aromatic rings. The Balaban J connectivity index is 3.72. The van der Waals surface area contributed by atoms with Gasteiger partial charge in [0.2, 0.25) is 0 Å². The summed E-state index contributed by atoms with van der Waals surface area (Å²) in [5.41, 5.74) is 0.0535. The quantitative estimate of drug-likeness (QED) is 0.602. The van der Waals surface area contributed by atoms with Crippen molar-refractivity contribution in [2.75, 3.05) is 26.4 Å². The molecule has 0 saturated heterocycles. The van der Waals surface area contributed by atoms with Gasteiger partial charge in [-0.1, -0.05) is 0 Å². The fourth-order valence-electron chi connectivity index (χ4n) is 0.926. The van der Waals surface area contributed by atoms with Crippen LogP contribution in [0.5, 0.6) is 0 Å². The predicted molar refractivity (Wildman–Crippen MR) is 56.2 cm³/mol. The van der Waals surface area contributed by atoms with Crippen molar-refractivity contribution in [3.63, 3.8) is 0 Å². The first-order valence-electron chi connectivity index (χ1n) is 5.08. The van der Waals surface area contributed by atoms with Gasteiger partial charge in [-0.15, -0.1) is 0 Å². The number of hydrogen-bond donors (Lipinski definition) is 2. The molecular weight excluding hydrogens is 182 g/mol. The minimum Gasteiger partial charge on any atom is -0.394 e. The van der Waals surface area contributed by atoms with Gasteiger partial charge >= 0.3 is 0 Å². The van der Waals surface area contributed by atoms with E-state index in [4.69, 9.17) is 14.6 Å². The molecule has 0 aromatic carbocycles. The van der Waals surface area contributed by atoms with Crippen molar-refractivity contribution in [2.45, 2.75) is 39.5 Å². The van der Waals surface area contributed by atoms with Gasteiger partial charge in [0.15, 0.2) is 6.29 Å². The van der Waals surface area contributed by atoms with Gasteiger partial charge in [0.1, 0.15) is 0 Å². The summed E-state index contributed by atoms with van der Waals surface area (Å²) < 4.78 is 10.6. The third kappa shape index (κ3) is 8.44. The van der Waals surface area contributed by atoms with Crippen LogP contribution in [0, 0.1) is 0 Å². The lowest BCUT2D eigenvalue weighted by Crippen LogP contribution is -2.42. The van der Waals surface area contributed by atoms with Crippen LogP contribution in [-0.2, 0) is 9.47 Å². The standard InChI is InChI=1S/C10H23NO3/c1-5-13-9(14-7-6-12)8-11-10(2,3)4/h9,11-12H,5-8H2,1-4H3. The third-order valence-corrected chi connectivity index (χ3v) is 1.55. The van der Waals surface area contributed by atoms with E-state index in [1.54, 1.807) is 0 Å². The normalized spacial score (nSPS) is 14.4. The fourth-order valence-corrected chi connectivity index (χ4v) is 0.926. The van der Waals surface area contributed by atoms with Gasteiger partial charge in [0.25, 0.3) is 0 Å². The molecule has 0 aliphatic rings. The van der Waals surface area contributed by atoms with Crippen LogP contribution in [0.1, 0.15) is 27.7 Å². The first-order chi connectivity index (χ1) is 6.49. The Labute approximate surface area is 86.6 Å². The molecule has 4 nitrogen and oxygen atoms in total. The molecule has 0 aromatic heterocycles. The van der Waals surface area contributed by atoms with Crippen molar-refractivity contribution < 1.29 is 14.6 Å². The van der Waals surface area contributed by atoms with Gasteiger partial charge in [-0.05, 0) is 27.7 Å². The van der Waals surface area contributed by atoms with Gasteiger partial charge in [0.05, 0.1) is 13.2 Å². The summed E-state index contributed by atoms with van der Waals surface area (Å²) in [6, 6.07) is 0. The molecule has 0 bridgehead atoms. The zero-order chi connectivity index (χ0) is 11.0. The summed E-state index contributed by atoms with van der Waals surface area (Å²) >= 11 is 0. The second-order valence-corrected chi connectivity index (χ2v) is 4.11.